The summed E-state index contributed by atoms with van der Waals surface area (Å²) in [6.45, 7) is 7.93. The fourth-order valence-electron chi connectivity index (χ4n) is 2.00. The Morgan fingerprint density at radius 2 is 1.88 bits per heavy atom. The van der Waals surface area contributed by atoms with E-state index in [1.165, 1.54) is 0 Å². The van der Waals surface area contributed by atoms with Crippen molar-refractivity contribution in [3.05, 3.63) is 29.3 Å². The van der Waals surface area contributed by atoms with Gasteiger partial charge in [0.25, 0.3) is 0 Å². The van der Waals surface area contributed by atoms with Crippen molar-refractivity contribution < 1.29 is 9.90 Å². The van der Waals surface area contributed by atoms with E-state index in [9.17, 15) is 9.90 Å². The fraction of sp³-hybridized carbons (Fsp3) is 0.500. The summed E-state index contributed by atoms with van der Waals surface area (Å²) in [4.78, 5) is 11.5. The van der Waals surface area contributed by atoms with Crippen LogP contribution in [0.1, 0.15) is 37.8 Å². The van der Waals surface area contributed by atoms with Crippen molar-refractivity contribution in [1.82, 2.24) is 0 Å². The summed E-state index contributed by atoms with van der Waals surface area (Å²) in [7, 11) is 0. The molecule has 3 heteroatoms. The first-order valence-electron chi connectivity index (χ1n) is 5.94. The van der Waals surface area contributed by atoms with Crippen LogP contribution in [0.25, 0.3) is 0 Å². The van der Waals surface area contributed by atoms with Crippen molar-refractivity contribution in [2.24, 2.45) is 11.8 Å². The molecule has 1 aromatic carbocycles. The van der Waals surface area contributed by atoms with Gasteiger partial charge in [0, 0.05) is 5.69 Å². The Kier molecular flexibility index (Phi) is 4.16. The van der Waals surface area contributed by atoms with E-state index < -0.39 is 11.9 Å². The molecular formula is C14H21NO2. The number of carboxylic acid groups (broad SMARTS) is 1. The van der Waals surface area contributed by atoms with Crippen molar-refractivity contribution in [2.45, 2.75) is 33.6 Å². The molecule has 0 amide bonds. The number of aryl methyl sites for hydroxylation is 1. The van der Waals surface area contributed by atoms with Gasteiger partial charge >= 0.3 is 5.97 Å². The average Bonchev–Trinajstić information content (AvgIpc) is 2.23. The molecule has 0 bridgehead atoms. The van der Waals surface area contributed by atoms with Crippen LogP contribution < -0.4 is 5.73 Å². The molecule has 3 nitrogen and oxygen atoms in total. The highest BCUT2D eigenvalue weighted by Gasteiger charge is 2.30. The number of nitrogen functional groups attached to an aromatic ring is 1. The summed E-state index contributed by atoms with van der Waals surface area (Å²) in [6, 6.07) is 5.59. The van der Waals surface area contributed by atoms with Gasteiger partial charge in [-0.15, -0.1) is 0 Å². The molecule has 0 fully saturated rings. The summed E-state index contributed by atoms with van der Waals surface area (Å²) in [5, 5.41) is 9.41. The van der Waals surface area contributed by atoms with E-state index in [0.29, 0.717) is 11.6 Å². The minimum Gasteiger partial charge on any atom is -0.481 e. The Morgan fingerprint density at radius 3 is 2.35 bits per heavy atom. The van der Waals surface area contributed by atoms with E-state index in [1.807, 2.05) is 45.9 Å². The maximum atomic E-state index is 11.5. The van der Waals surface area contributed by atoms with E-state index in [1.54, 1.807) is 0 Å². The predicted octanol–water partition coefficient (Wildman–Crippen LogP) is 3.04. The SMILES string of the molecule is Cc1cccc(C(C(=O)O)C(C)C(C)C)c1N. The minimum atomic E-state index is -0.802. The molecule has 1 aromatic rings. The van der Waals surface area contributed by atoms with Crippen molar-refractivity contribution in [3.8, 4) is 0 Å². The molecule has 3 N–H and O–H groups in total. The summed E-state index contributed by atoms with van der Waals surface area (Å²) in [5.74, 6) is -0.981. The molecule has 0 heterocycles. The Morgan fingerprint density at radius 1 is 1.29 bits per heavy atom. The van der Waals surface area contributed by atoms with Crippen molar-refractivity contribution in [3.63, 3.8) is 0 Å². The molecule has 0 aliphatic heterocycles. The van der Waals surface area contributed by atoms with Gasteiger partial charge in [0.1, 0.15) is 0 Å². The van der Waals surface area contributed by atoms with E-state index in [2.05, 4.69) is 0 Å². The topological polar surface area (TPSA) is 63.3 Å². The largest absolute Gasteiger partial charge is 0.481 e. The fourth-order valence-corrected chi connectivity index (χ4v) is 2.00. The van der Waals surface area contributed by atoms with Gasteiger partial charge in [-0.3, -0.25) is 4.79 Å². The van der Waals surface area contributed by atoms with Gasteiger partial charge in [0.15, 0.2) is 0 Å². The first kappa shape index (κ1) is 13.6. The first-order valence-corrected chi connectivity index (χ1v) is 5.94. The number of hydrogen-bond donors (Lipinski definition) is 2. The summed E-state index contributed by atoms with van der Waals surface area (Å²) in [5.41, 5.74) is 8.27. The van der Waals surface area contributed by atoms with Gasteiger partial charge in [-0.25, -0.2) is 0 Å². The number of aliphatic carboxylic acids is 1. The van der Waals surface area contributed by atoms with Gasteiger partial charge in [-0.1, -0.05) is 39.0 Å². The highest BCUT2D eigenvalue weighted by atomic mass is 16.4. The summed E-state index contributed by atoms with van der Waals surface area (Å²) < 4.78 is 0. The van der Waals surface area contributed by atoms with Gasteiger partial charge in [0.05, 0.1) is 5.92 Å². The first-order chi connectivity index (χ1) is 7.86. The lowest BCUT2D eigenvalue weighted by Gasteiger charge is -2.25. The van der Waals surface area contributed by atoms with Gasteiger partial charge < -0.3 is 10.8 Å². The Hall–Kier alpha value is -1.51. The molecule has 0 aliphatic carbocycles. The predicted molar refractivity (Wildman–Crippen MR) is 70.0 cm³/mol. The second kappa shape index (κ2) is 5.21. The van der Waals surface area contributed by atoms with Crippen LogP contribution in [0.15, 0.2) is 18.2 Å². The third-order valence-corrected chi connectivity index (χ3v) is 3.54. The summed E-state index contributed by atoms with van der Waals surface area (Å²) >= 11 is 0. The number of nitrogens with two attached hydrogens (primary N) is 1. The van der Waals surface area contributed by atoms with Crippen LogP contribution in [0.2, 0.25) is 0 Å². The van der Waals surface area contributed by atoms with Gasteiger partial charge in [0.2, 0.25) is 0 Å². The zero-order chi connectivity index (χ0) is 13.2. The quantitative estimate of drug-likeness (QED) is 0.788. The van der Waals surface area contributed by atoms with Crippen molar-refractivity contribution >= 4 is 11.7 Å². The number of carboxylic acids is 1. The second-order valence-electron chi connectivity index (χ2n) is 5.00. The van der Waals surface area contributed by atoms with Crippen LogP contribution in [-0.2, 0) is 4.79 Å². The number of anilines is 1. The van der Waals surface area contributed by atoms with Gasteiger partial charge in [-0.2, -0.15) is 0 Å². The minimum absolute atomic E-state index is 0.0524. The number of rotatable bonds is 4. The molecule has 0 aliphatic rings. The Labute approximate surface area is 103 Å². The number of para-hydroxylation sites is 1. The molecule has 0 radical (unpaired) electrons. The van der Waals surface area contributed by atoms with Crippen LogP contribution in [0.5, 0.6) is 0 Å². The van der Waals surface area contributed by atoms with E-state index >= 15 is 0 Å². The average molecular weight is 235 g/mol. The smallest absolute Gasteiger partial charge is 0.311 e. The van der Waals surface area contributed by atoms with Gasteiger partial charge in [-0.05, 0) is 29.9 Å². The van der Waals surface area contributed by atoms with Crippen LogP contribution >= 0.6 is 0 Å². The highest BCUT2D eigenvalue weighted by Crippen LogP contribution is 2.34. The zero-order valence-electron chi connectivity index (χ0n) is 10.9. The number of benzene rings is 1. The third kappa shape index (κ3) is 2.78. The lowest BCUT2D eigenvalue weighted by Crippen LogP contribution is -2.24. The standard InChI is InChI=1S/C14H21NO2/c1-8(2)10(4)12(14(16)17)11-7-5-6-9(3)13(11)15/h5-8,10,12H,15H2,1-4H3,(H,16,17). The number of hydrogen-bond acceptors (Lipinski definition) is 2. The lowest BCUT2D eigenvalue weighted by molar-refractivity contribution is -0.140. The molecule has 0 spiro atoms. The van der Waals surface area contributed by atoms with Crippen LogP contribution in [-0.4, -0.2) is 11.1 Å². The lowest BCUT2D eigenvalue weighted by atomic mass is 9.79. The van der Waals surface area contributed by atoms with Crippen LogP contribution in [0.3, 0.4) is 0 Å². The third-order valence-electron chi connectivity index (χ3n) is 3.54. The zero-order valence-corrected chi connectivity index (χ0v) is 10.9. The normalized spacial score (nSPS) is 14.6. The molecular weight excluding hydrogens is 214 g/mol. The molecule has 2 unspecified atom stereocenters. The van der Waals surface area contributed by atoms with E-state index in [-0.39, 0.29) is 5.92 Å². The number of carbonyl (C=O) groups is 1. The molecule has 1 rings (SSSR count). The maximum absolute atomic E-state index is 11.5. The van der Waals surface area contributed by atoms with Crippen molar-refractivity contribution in [1.29, 1.82) is 0 Å². The molecule has 94 valence electrons. The van der Waals surface area contributed by atoms with E-state index in [4.69, 9.17) is 5.73 Å². The van der Waals surface area contributed by atoms with Crippen molar-refractivity contribution in [2.75, 3.05) is 5.73 Å². The Balaban J connectivity index is 3.24. The molecule has 17 heavy (non-hydrogen) atoms. The second-order valence-corrected chi connectivity index (χ2v) is 5.00. The van der Waals surface area contributed by atoms with Crippen LogP contribution in [0, 0.1) is 18.8 Å². The highest BCUT2D eigenvalue weighted by molar-refractivity contribution is 5.79. The van der Waals surface area contributed by atoms with Crippen LogP contribution in [0.4, 0.5) is 5.69 Å². The van der Waals surface area contributed by atoms with E-state index in [0.717, 1.165) is 11.1 Å². The molecule has 2 atom stereocenters. The summed E-state index contributed by atoms with van der Waals surface area (Å²) in [6.07, 6.45) is 0. The molecule has 0 saturated heterocycles. The molecule has 0 aromatic heterocycles. The molecule has 0 saturated carbocycles. The maximum Gasteiger partial charge on any atom is 0.311 e. The Bertz CT molecular complexity index is 413. The monoisotopic (exact) mass is 235 g/mol.